The Balaban J connectivity index is 1.53. The van der Waals surface area contributed by atoms with Crippen LogP contribution in [-0.4, -0.2) is 71.5 Å². The first-order chi connectivity index (χ1) is 14.0. The Morgan fingerprint density at radius 2 is 1.97 bits per heavy atom. The van der Waals surface area contributed by atoms with Crippen molar-refractivity contribution in [2.45, 2.75) is 32.4 Å². The molecule has 2 N–H and O–H groups in total. The van der Waals surface area contributed by atoms with E-state index >= 15 is 0 Å². The van der Waals surface area contributed by atoms with Gasteiger partial charge in [0.2, 0.25) is 5.91 Å². The van der Waals surface area contributed by atoms with Crippen LogP contribution in [-0.2, 0) is 11.8 Å². The number of hydrogen-bond acceptors (Lipinski definition) is 6. The molecule has 0 bridgehead atoms. The molecule has 2 saturated heterocycles. The zero-order valence-electron chi connectivity index (χ0n) is 17.1. The van der Waals surface area contributed by atoms with Crippen molar-refractivity contribution in [3.8, 4) is 5.75 Å². The molecule has 29 heavy (non-hydrogen) atoms. The number of imide groups is 1. The number of nitrogens with one attached hydrogen (secondary N) is 2. The highest BCUT2D eigenvalue weighted by Crippen LogP contribution is 2.33. The van der Waals surface area contributed by atoms with E-state index in [0.29, 0.717) is 31.1 Å². The van der Waals surface area contributed by atoms with Gasteiger partial charge in [-0.25, -0.2) is 4.79 Å². The number of fused-ring (bicyclic) bond motifs is 1. The summed E-state index contributed by atoms with van der Waals surface area (Å²) in [5.74, 6) is 1.03. The molecule has 0 saturated carbocycles. The fraction of sp³-hybridized carbons (Fsp3) is 0.550. The molecule has 2 fully saturated rings. The molecule has 0 aliphatic carbocycles. The van der Waals surface area contributed by atoms with Gasteiger partial charge in [-0.3, -0.25) is 24.6 Å². The van der Waals surface area contributed by atoms with Crippen LogP contribution in [0.4, 0.5) is 10.6 Å². The maximum atomic E-state index is 12.3. The third-order valence-electron chi connectivity index (χ3n) is 5.74. The molecular formula is C20H28N6O3. The molecule has 3 amide bonds. The highest BCUT2D eigenvalue weighted by Gasteiger charge is 2.29. The van der Waals surface area contributed by atoms with E-state index in [9.17, 15) is 9.59 Å². The first kappa shape index (κ1) is 19.7. The van der Waals surface area contributed by atoms with Gasteiger partial charge in [-0.05, 0) is 26.0 Å². The van der Waals surface area contributed by atoms with E-state index in [1.54, 1.807) is 4.68 Å². The quantitative estimate of drug-likeness (QED) is 0.781. The number of nitrogens with zero attached hydrogens (tertiary/aromatic N) is 4. The van der Waals surface area contributed by atoms with Crippen molar-refractivity contribution in [1.82, 2.24) is 25.3 Å². The highest BCUT2D eigenvalue weighted by molar-refractivity contribution is 6.09. The van der Waals surface area contributed by atoms with Crippen LogP contribution in [0.1, 0.15) is 20.3 Å². The highest BCUT2D eigenvalue weighted by atomic mass is 16.5. The molecule has 0 radical (unpaired) electrons. The molecular weight excluding hydrogens is 372 g/mol. The molecule has 9 heteroatoms. The Morgan fingerprint density at radius 1 is 1.21 bits per heavy atom. The summed E-state index contributed by atoms with van der Waals surface area (Å²) in [5.41, 5.74) is 0.841. The number of amides is 3. The number of aromatic nitrogens is 2. The lowest BCUT2D eigenvalue weighted by atomic mass is 10.1. The van der Waals surface area contributed by atoms with Gasteiger partial charge in [-0.1, -0.05) is 6.07 Å². The molecule has 0 spiro atoms. The van der Waals surface area contributed by atoms with Crippen molar-refractivity contribution in [3.63, 3.8) is 0 Å². The first-order valence-corrected chi connectivity index (χ1v) is 10.1. The summed E-state index contributed by atoms with van der Waals surface area (Å²) < 4.78 is 7.88. The van der Waals surface area contributed by atoms with Crippen LogP contribution in [0.15, 0.2) is 18.2 Å². The SMILES string of the molecule is C[C@@H]1CNC[C@H](C)N1CCOc1cccc2c(N3CCC(=O)NC3=O)nn(C)c12. The number of rotatable bonds is 5. The number of carbonyl (C=O) groups excluding carboxylic acids is 2. The summed E-state index contributed by atoms with van der Waals surface area (Å²) >= 11 is 0. The van der Waals surface area contributed by atoms with Crippen molar-refractivity contribution < 1.29 is 14.3 Å². The fourth-order valence-electron chi connectivity index (χ4n) is 4.24. The second kappa shape index (κ2) is 8.00. The van der Waals surface area contributed by atoms with Crippen molar-refractivity contribution >= 4 is 28.7 Å². The van der Waals surface area contributed by atoms with Crippen LogP contribution in [0.2, 0.25) is 0 Å². The van der Waals surface area contributed by atoms with E-state index in [1.165, 1.54) is 4.90 Å². The zero-order chi connectivity index (χ0) is 20.5. The average Bonchev–Trinajstić information content (AvgIpc) is 3.01. The summed E-state index contributed by atoms with van der Waals surface area (Å²) in [4.78, 5) is 27.7. The Morgan fingerprint density at radius 3 is 2.69 bits per heavy atom. The summed E-state index contributed by atoms with van der Waals surface area (Å²) in [6, 6.07) is 6.27. The van der Waals surface area contributed by atoms with Crippen LogP contribution >= 0.6 is 0 Å². The number of aryl methyl sites for hydroxylation is 1. The van der Waals surface area contributed by atoms with Gasteiger partial charge < -0.3 is 10.1 Å². The minimum atomic E-state index is -0.436. The number of piperazine rings is 1. The van der Waals surface area contributed by atoms with Crippen LogP contribution in [0.5, 0.6) is 5.75 Å². The maximum Gasteiger partial charge on any atom is 0.329 e. The zero-order valence-corrected chi connectivity index (χ0v) is 17.1. The molecule has 156 valence electrons. The predicted octanol–water partition coefficient (Wildman–Crippen LogP) is 1.08. The van der Waals surface area contributed by atoms with Gasteiger partial charge in [0.25, 0.3) is 0 Å². The lowest BCUT2D eigenvalue weighted by Crippen LogP contribution is -2.55. The molecule has 3 heterocycles. The predicted molar refractivity (Wildman–Crippen MR) is 110 cm³/mol. The molecule has 2 atom stereocenters. The topological polar surface area (TPSA) is 91.7 Å². The number of hydrogen-bond donors (Lipinski definition) is 2. The number of para-hydroxylation sites is 1. The van der Waals surface area contributed by atoms with Crippen molar-refractivity contribution in [2.24, 2.45) is 7.05 Å². The number of carbonyl (C=O) groups is 2. The molecule has 9 nitrogen and oxygen atoms in total. The Hall–Kier alpha value is -2.65. The monoisotopic (exact) mass is 400 g/mol. The minimum absolute atomic E-state index is 0.258. The average molecular weight is 400 g/mol. The van der Waals surface area contributed by atoms with Crippen molar-refractivity contribution in [3.05, 3.63) is 18.2 Å². The van der Waals surface area contributed by atoms with Gasteiger partial charge in [-0.15, -0.1) is 0 Å². The van der Waals surface area contributed by atoms with Gasteiger partial charge in [0, 0.05) is 57.1 Å². The second-order valence-corrected chi connectivity index (χ2v) is 7.80. The lowest BCUT2D eigenvalue weighted by molar-refractivity contribution is -0.120. The molecule has 2 aromatic rings. The first-order valence-electron chi connectivity index (χ1n) is 10.1. The van der Waals surface area contributed by atoms with Crippen LogP contribution in [0.25, 0.3) is 10.9 Å². The second-order valence-electron chi connectivity index (χ2n) is 7.80. The summed E-state index contributed by atoms with van der Waals surface area (Å²) in [5, 5.41) is 11.2. The number of ether oxygens (including phenoxy) is 1. The van der Waals surface area contributed by atoms with Crippen LogP contribution in [0.3, 0.4) is 0 Å². The van der Waals surface area contributed by atoms with E-state index in [2.05, 4.69) is 34.5 Å². The smallest absolute Gasteiger partial charge is 0.329 e. The summed E-state index contributed by atoms with van der Waals surface area (Å²) in [6.45, 7) is 8.18. The van der Waals surface area contributed by atoms with E-state index < -0.39 is 6.03 Å². The number of benzene rings is 1. The van der Waals surface area contributed by atoms with E-state index in [0.717, 1.165) is 36.3 Å². The van der Waals surface area contributed by atoms with E-state index in [1.807, 2.05) is 25.2 Å². The van der Waals surface area contributed by atoms with Crippen molar-refractivity contribution in [2.75, 3.05) is 37.7 Å². The number of anilines is 1. The third-order valence-corrected chi connectivity index (χ3v) is 5.74. The lowest BCUT2D eigenvalue weighted by Gasteiger charge is -2.39. The molecule has 1 aromatic carbocycles. The Bertz CT molecular complexity index is 916. The van der Waals surface area contributed by atoms with Gasteiger partial charge in [-0.2, -0.15) is 5.10 Å². The molecule has 2 aliphatic rings. The largest absolute Gasteiger partial charge is 0.490 e. The minimum Gasteiger partial charge on any atom is -0.490 e. The normalized spacial score (nSPS) is 23.5. The fourth-order valence-corrected chi connectivity index (χ4v) is 4.24. The van der Waals surface area contributed by atoms with Crippen molar-refractivity contribution in [1.29, 1.82) is 0 Å². The maximum absolute atomic E-state index is 12.3. The molecule has 1 aromatic heterocycles. The summed E-state index contributed by atoms with van der Waals surface area (Å²) in [7, 11) is 1.84. The van der Waals surface area contributed by atoms with Gasteiger partial charge in [0.15, 0.2) is 5.82 Å². The van der Waals surface area contributed by atoms with Gasteiger partial charge >= 0.3 is 6.03 Å². The Kier molecular flexibility index (Phi) is 5.42. The van der Waals surface area contributed by atoms with Gasteiger partial charge in [0.05, 0.1) is 0 Å². The standard InChI is InChI=1S/C20H28N6O3/c1-13-11-21-12-14(2)25(13)9-10-29-16-6-4-5-15-18(16)24(3)23-19(15)26-8-7-17(27)22-20(26)28/h4-6,13-14,21H,7-12H2,1-3H3,(H,22,27,28)/t13-,14+. The van der Waals surface area contributed by atoms with Crippen LogP contribution < -0.4 is 20.3 Å². The summed E-state index contributed by atoms with van der Waals surface area (Å²) in [6.07, 6.45) is 0.265. The Labute approximate surface area is 170 Å². The molecule has 2 aliphatic heterocycles. The third kappa shape index (κ3) is 3.79. The van der Waals surface area contributed by atoms with Gasteiger partial charge in [0.1, 0.15) is 17.9 Å². The molecule has 4 rings (SSSR count). The van der Waals surface area contributed by atoms with E-state index in [-0.39, 0.29) is 12.3 Å². The van der Waals surface area contributed by atoms with Crippen LogP contribution in [0, 0.1) is 0 Å². The number of urea groups is 1. The van der Waals surface area contributed by atoms with E-state index in [4.69, 9.17) is 4.74 Å². The molecule has 0 unspecified atom stereocenters.